The topological polar surface area (TPSA) is 6.48 Å². The third-order valence-corrected chi connectivity index (χ3v) is 8.23. The first-order valence-corrected chi connectivity index (χ1v) is 15.6. The molecule has 0 N–H and O–H groups in total. The van der Waals surface area contributed by atoms with E-state index in [0.29, 0.717) is 0 Å². The highest BCUT2D eigenvalue weighted by Gasteiger charge is 2.15. The molecule has 0 spiro atoms. The Morgan fingerprint density at radius 1 is 0.283 bits per heavy atom. The molecular formula is C44H34N2. The summed E-state index contributed by atoms with van der Waals surface area (Å²) in [5.41, 5.74) is 12.5. The summed E-state index contributed by atoms with van der Waals surface area (Å²) in [5, 5.41) is 0. The molecule has 0 saturated heterocycles. The van der Waals surface area contributed by atoms with E-state index in [0.717, 1.165) is 39.7 Å². The van der Waals surface area contributed by atoms with E-state index in [1.165, 1.54) is 22.3 Å². The number of anilines is 6. The summed E-state index contributed by atoms with van der Waals surface area (Å²) in [7, 11) is 0. The maximum Gasteiger partial charge on any atom is 0.0462 e. The molecule has 0 amide bonds. The zero-order valence-electron chi connectivity index (χ0n) is 25.6. The average molecular weight is 591 g/mol. The lowest BCUT2D eigenvalue weighted by atomic mass is 10.0. The van der Waals surface area contributed by atoms with Gasteiger partial charge in [-0.1, -0.05) is 128 Å². The molecule has 0 fully saturated rings. The van der Waals surface area contributed by atoms with E-state index < -0.39 is 0 Å². The molecule has 0 unspecified atom stereocenters. The number of nitrogens with zero attached hydrogens (tertiary/aromatic N) is 2. The molecule has 0 saturated carbocycles. The van der Waals surface area contributed by atoms with Gasteiger partial charge >= 0.3 is 0 Å². The molecule has 0 atom stereocenters. The van der Waals surface area contributed by atoms with Gasteiger partial charge in [-0.25, -0.2) is 0 Å². The maximum atomic E-state index is 3.93. The van der Waals surface area contributed by atoms with Crippen LogP contribution < -0.4 is 9.80 Å². The molecule has 7 aromatic carbocycles. The maximum absolute atomic E-state index is 3.93. The van der Waals surface area contributed by atoms with Crippen molar-refractivity contribution < 1.29 is 0 Å². The van der Waals surface area contributed by atoms with Crippen molar-refractivity contribution in [3.63, 3.8) is 0 Å². The highest BCUT2D eigenvalue weighted by atomic mass is 15.1. The van der Waals surface area contributed by atoms with Gasteiger partial charge in [0.15, 0.2) is 0 Å². The van der Waals surface area contributed by atoms with Crippen LogP contribution in [0.25, 0.3) is 28.3 Å². The van der Waals surface area contributed by atoms with Crippen LogP contribution in [0.4, 0.5) is 34.1 Å². The molecular weight excluding hydrogens is 556 g/mol. The minimum atomic E-state index is 1.09. The number of para-hydroxylation sites is 2. The lowest BCUT2D eigenvalue weighted by Gasteiger charge is -2.26. The summed E-state index contributed by atoms with van der Waals surface area (Å²) in [6.45, 7) is 3.93. The zero-order valence-corrected chi connectivity index (χ0v) is 25.6. The quantitative estimate of drug-likeness (QED) is 0.165. The van der Waals surface area contributed by atoms with Crippen molar-refractivity contribution in [1.29, 1.82) is 0 Å². The Labute approximate surface area is 271 Å². The fourth-order valence-electron chi connectivity index (χ4n) is 5.85. The van der Waals surface area contributed by atoms with Crippen LogP contribution in [0.1, 0.15) is 5.56 Å². The fraction of sp³-hybridized carbons (Fsp3) is 0. The van der Waals surface area contributed by atoms with Crippen LogP contribution in [0.2, 0.25) is 0 Å². The Balaban J connectivity index is 1.19. The third kappa shape index (κ3) is 6.10. The van der Waals surface area contributed by atoms with Gasteiger partial charge in [-0.15, -0.1) is 0 Å². The van der Waals surface area contributed by atoms with Gasteiger partial charge in [-0.05, 0) is 101 Å². The normalized spacial score (nSPS) is 10.7. The average Bonchev–Trinajstić information content (AvgIpc) is 3.14. The molecule has 7 rings (SSSR count). The molecule has 2 nitrogen and oxygen atoms in total. The van der Waals surface area contributed by atoms with Crippen molar-refractivity contribution in [2.45, 2.75) is 0 Å². The lowest BCUT2D eigenvalue weighted by Crippen LogP contribution is -2.10. The molecule has 0 bridgehead atoms. The summed E-state index contributed by atoms with van der Waals surface area (Å²) < 4.78 is 0. The molecule has 0 aliphatic rings. The van der Waals surface area contributed by atoms with Gasteiger partial charge in [0, 0.05) is 34.1 Å². The Bertz CT molecular complexity index is 1960. The van der Waals surface area contributed by atoms with Crippen molar-refractivity contribution in [2.75, 3.05) is 9.80 Å². The summed E-state index contributed by atoms with van der Waals surface area (Å²) >= 11 is 0. The number of benzene rings is 7. The Hall–Kier alpha value is -6.12. The van der Waals surface area contributed by atoms with Gasteiger partial charge in [0.05, 0.1) is 0 Å². The van der Waals surface area contributed by atoms with Crippen LogP contribution in [0.5, 0.6) is 0 Å². The highest BCUT2D eigenvalue weighted by molar-refractivity contribution is 5.81. The van der Waals surface area contributed by atoms with Crippen molar-refractivity contribution in [2.24, 2.45) is 0 Å². The Morgan fingerprint density at radius 2 is 0.543 bits per heavy atom. The Kier molecular flexibility index (Phi) is 8.25. The molecule has 220 valence electrons. The van der Waals surface area contributed by atoms with Crippen LogP contribution in [0.15, 0.2) is 195 Å². The smallest absolute Gasteiger partial charge is 0.0462 e. The predicted molar refractivity (Wildman–Crippen MR) is 197 cm³/mol. The van der Waals surface area contributed by atoms with E-state index in [1.807, 2.05) is 6.08 Å². The molecule has 0 aromatic heterocycles. The van der Waals surface area contributed by atoms with Crippen LogP contribution in [-0.4, -0.2) is 0 Å². The predicted octanol–water partition coefficient (Wildman–Crippen LogP) is 12.6. The second kappa shape index (κ2) is 13.3. The molecule has 7 aromatic rings. The van der Waals surface area contributed by atoms with Gasteiger partial charge in [-0.3, -0.25) is 0 Å². The Morgan fingerprint density at radius 3 is 0.870 bits per heavy atom. The monoisotopic (exact) mass is 590 g/mol. The van der Waals surface area contributed by atoms with Gasteiger partial charge in [0.2, 0.25) is 0 Å². The second-order valence-electron chi connectivity index (χ2n) is 11.1. The minimum Gasteiger partial charge on any atom is -0.311 e. The van der Waals surface area contributed by atoms with Gasteiger partial charge < -0.3 is 9.80 Å². The van der Waals surface area contributed by atoms with Gasteiger partial charge in [0.25, 0.3) is 0 Å². The summed E-state index contributed by atoms with van der Waals surface area (Å²) in [5.74, 6) is 0. The first-order chi connectivity index (χ1) is 22.8. The summed E-state index contributed by atoms with van der Waals surface area (Å²) in [4.78, 5) is 4.58. The lowest BCUT2D eigenvalue weighted by molar-refractivity contribution is 1.28. The van der Waals surface area contributed by atoms with E-state index in [9.17, 15) is 0 Å². The second-order valence-corrected chi connectivity index (χ2v) is 11.1. The first kappa shape index (κ1) is 28.6. The minimum absolute atomic E-state index is 1.09. The van der Waals surface area contributed by atoms with E-state index in [2.05, 4.69) is 204 Å². The van der Waals surface area contributed by atoms with E-state index in [4.69, 9.17) is 0 Å². The van der Waals surface area contributed by atoms with E-state index in [1.54, 1.807) is 0 Å². The largest absolute Gasteiger partial charge is 0.311 e. The molecule has 2 heteroatoms. The standard InChI is InChI=1S/C44H34N2/c1-2-34-18-26-41(27-19-34)46(43-28-20-36(21-29-43)35-12-6-3-7-13-35)44-32-24-38(25-33-44)37-22-30-42(31-23-37)45(39-14-8-4-9-15-39)40-16-10-5-11-17-40/h2-33H,1H2. The number of hydrogen-bond donors (Lipinski definition) is 0. The van der Waals surface area contributed by atoms with Gasteiger partial charge in [0.1, 0.15) is 0 Å². The SMILES string of the molecule is C=Cc1ccc(N(c2ccc(-c3ccccc3)cc2)c2ccc(-c3ccc(N(c4ccccc4)c4ccccc4)cc3)cc2)cc1. The zero-order chi connectivity index (χ0) is 31.1. The van der Waals surface area contributed by atoms with Crippen LogP contribution in [-0.2, 0) is 0 Å². The number of hydrogen-bond acceptors (Lipinski definition) is 2. The van der Waals surface area contributed by atoms with Crippen molar-refractivity contribution in [3.05, 3.63) is 200 Å². The molecule has 0 aliphatic carbocycles. The van der Waals surface area contributed by atoms with Crippen molar-refractivity contribution in [3.8, 4) is 22.3 Å². The summed E-state index contributed by atoms with van der Waals surface area (Å²) in [6.07, 6.45) is 1.88. The molecule has 0 heterocycles. The van der Waals surface area contributed by atoms with Crippen LogP contribution in [0, 0.1) is 0 Å². The molecule has 0 aliphatic heterocycles. The fourth-order valence-corrected chi connectivity index (χ4v) is 5.85. The van der Waals surface area contributed by atoms with Crippen LogP contribution in [0.3, 0.4) is 0 Å². The van der Waals surface area contributed by atoms with E-state index in [-0.39, 0.29) is 0 Å². The summed E-state index contributed by atoms with van der Waals surface area (Å²) in [6, 6.07) is 66.4. The third-order valence-electron chi connectivity index (χ3n) is 8.23. The molecule has 0 radical (unpaired) electrons. The van der Waals surface area contributed by atoms with Crippen molar-refractivity contribution in [1.82, 2.24) is 0 Å². The molecule has 46 heavy (non-hydrogen) atoms. The number of rotatable bonds is 9. The van der Waals surface area contributed by atoms with Crippen molar-refractivity contribution >= 4 is 40.2 Å². The highest BCUT2D eigenvalue weighted by Crippen LogP contribution is 2.38. The first-order valence-electron chi connectivity index (χ1n) is 15.6. The van der Waals surface area contributed by atoms with E-state index >= 15 is 0 Å². The van der Waals surface area contributed by atoms with Crippen LogP contribution >= 0.6 is 0 Å². The van der Waals surface area contributed by atoms with Gasteiger partial charge in [-0.2, -0.15) is 0 Å².